The number of carbonyl (C=O) groups excluding carboxylic acids is 2. The number of rotatable bonds is 5. The number of amides is 1. The summed E-state index contributed by atoms with van der Waals surface area (Å²) >= 11 is 1.34. The van der Waals surface area contributed by atoms with Gasteiger partial charge in [-0.05, 0) is 36.8 Å². The molecule has 28 heavy (non-hydrogen) atoms. The molecule has 2 heterocycles. The maximum Gasteiger partial charge on any atom is 0.341 e. The number of esters is 1. The molecule has 142 valence electrons. The monoisotopic (exact) mass is 395 g/mol. The van der Waals surface area contributed by atoms with Crippen molar-refractivity contribution in [2.75, 3.05) is 18.7 Å². The third-order valence-electron chi connectivity index (χ3n) is 4.14. The number of carbonyl (C=O) groups is 2. The molecular formula is C21H17NO5S. The van der Waals surface area contributed by atoms with Crippen LogP contribution in [0.15, 0.2) is 48.5 Å². The van der Waals surface area contributed by atoms with Gasteiger partial charge < -0.3 is 19.5 Å². The van der Waals surface area contributed by atoms with Crippen LogP contribution < -0.4 is 14.8 Å². The second-order valence-corrected chi connectivity index (χ2v) is 7.01. The van der Waals surface area contributed by atoms with E-state index in [1.165, 1.54) is 17.4 Å². The largest absolute Gasteiger partial charge is 0.462 e. The van der Waals surface area contributed by atoms with Crippen LogP contribution in [0.2, 0.25) is 0 Å². The minimum atomic E-state index is -0.449. The minimum Gasteiger partial charge on any atom is -0.462 e. The van der Waals surface area contributed by atoms with Crippen LogP contribution in [0.25, 0.3) is 16.2 Å². The van der Waals surface area contributed by atoms with Crippen LogP contribution >= 0.6 is 11.3 Å². The molecule has 0 radical (unpaired) electrons. The molecule has 0 unspecified atom stereocenters. The molecule has 0 saturated carbocycles. The Hall–Kier alpha value is -3.32. The van der Waals surface area contributed by atoms with Crippen molar-refractivity contribution in [1.29, 1.82) is 0 Å². The summed E-state index contributed by atoms with van der Waals surface area (Å²) in [4.78, 5) is 24.8. The fourth-order valence-electron chi connectivity index (χ4n) is 2.88. The summed E-state index contributed by atoms with van der Waals surface area (Å²) in [5, 5.41) is 4.03. The van der Waals surface area contributed by atoms with E-state index in [-0.39, 0.29) is 19.3 Å². The second kappa shape index (κ2) is 7.74. The summed E-state index contributed by atoms with van der Waals surface area (Å²) in [5.74, 6) is 0.549. The van der Waals surface area contributed by atoms with Crippen LogP contribution in [-0.4, -0.2) is 25.3 Å². The predicted molar refractivity (Wildman–Crippen MR) is 108 cm³/mol. The van der Waals surface area contributed by atoms with Crippen molar-refractivity contribution in [3.05, 3.63) is 59.7 Å². The fourth-order valence-corrected chi connectivity index (χ4v) is 3.98. The van der Waals surface area contributed by atoms with E-state index < -0.39 is 5.97 Å². The van der Waals surface area contributed by atoms with Crippen molar-refractivity contribution in [2.45, 2.75) is 6.92 Å². The smallest absolute Gasteiger partial charge is 0.341 e. The van der Waals surface area contributed by atoms with Crippen LogP contribution in [0, 0.1) is 0 Å². The highest BCUT2D eigenvalue weighted by Gasteiger charge is 2.21. The zero-order valence-corrected chi connectivity index (χ0v) is 15.9. The fraction of sp³-hybridized carbons (Fsp3) is 0.143. The third-order valence-corrected chi connectivity index (χ3v) is 5.22. The van der Waals surface area contributed by atoms with E-state index in [1.54, 1.807) is 25.1 Å². The zero-order valence-electron chi connectivity index (χ0n) is 15.1. The Morgan fingerprint density at radius 3 is 2.86 bits per heavy atom. The van der Waals surface area contributed by atoms with Crippen molar-refractivity contribution < 1.29 is 23.8 Å². The molecule has 0 saturated heterocycles. The van der Waals surface area contributed by atoms with Crippen molar-refractivity contribution in [2.24, 2.45) is 0 Å². The van der Waals surface area contributed by atoms with Gasteiger partial charge in [-0.25, -0.2) is 4.79 Å². The molecule has 1 amide bonds. The number of fused-ring (bicyclic) bond motifs is 2. The van der Waals surface area contributed by atoms with Gasteiger partial charge in [0.1, 0.15) is 10.6 Å². The van der Waals surface area contributed by atoms with E-state index in [0.29, 0.717) is 22.1 Å². The Morgan fingerprint density at radius 2 is 2.00 bits per heavy atom. The Morgan fingerprint density at radius 1 is 1.18 bits per heavy atom. The summed E-state index contributed by atoms with van der Waals surface area (Å²) in [7, 11) is 0. The molecule has 0 aliphatic carbocycles. The van der Waals surface area contributed by atoms with Gasteiger partial charge in [-0.1, -0.05) is 24.3 Å². The first-order valence-corrected chi connectivity index (χ1v) is 9.54. The van der Waals surface area contributed by atoms with Crippen molar-refractivity contribution >= 4 is 44.4 Å². The van der Waals surface area contributed by atoms with Crippen LogP contribution in [-0.2, 0) is 9.53 Å². The molecule has 0 fully saturated rings. The molecule has 0 bridgehead atoms. The molecule has 0 spiro atoms. The Bertz CT molecular complexity index is 1090. The van der Waals surface area contributed by atoms with Gasteiger partial charge in [-0.15, -0.1) is 11.3 Å². The molecule has 7 heteroatoms. The summed E-state index contributed by atoms with van der Waals surface area (Å²) in [6.45, 7) is 2.21. The molecule has 0 atom stereocenters. The average Bonchev–Trinajstić information content (AvgIpc) is 3.30. The van der Waals surface area contributed by atoms with Gasteiger partial charge in [0.25, 0.3) is 0 Å². The first-order valence-electron chi connectivity index (χ1n) is 8.73. The Kier molecular flexibility index (Phi) is 4.99. The lowest BCUT2D eigenvalue weighted by molar-refractivity contribution is -0.111. The summed E-state index contributed by atoms with van der Waals surface area (Å²) in [6.07, 6.45) is 3.09. The van der Waals surface area contributed by atoms with E-state index in [4.69, 9.17) is 14.2 Å². The second-order valence-electron chi connectivity index (χ2n) is 5.96. The van der Waals surface area contributed by atoms with Crippen LogP contribution in [0.5, 0.6) is 11.5 Å². The summed E-state index contributed by atoms with van der Waals surface area (Å²) < 4.78 is 16.7. The van der Waals surface area contributed by atoms with Gasteiger partial charge in [0.15, 0.2) is 11.5 Å². The lowest BCUT2D eigenvalue weighted by Crippen LogP contribution is -2.12. The number of nitrogens with one attached hydrogen (secondary N) is 1. The van der Waals surface area contributed by atoms with Crippen LogP contribution in [0.3, 0.4) is 0 Å². The van der Waals surface area contributed by atoms with E-state index in [2.05, 4.69) is 5.32 Å². The van der Waals surface area contributed by atoms with Gasteiger partial charge in [0.05, 0.1) is 6.61 Å². The molecule has 1 aliphatic heterocycles. The molecule has 1 N–H and O–H groups in total. The topological polar surface area (TPSA) is 73.9 Å². The highest BCUT2D eigenvalue weighted by atomic mass is 32.1. The lowest BCUT2D eigenvalue weighted by Gasteiger charge is -2.05. The third kappa shape index (κ3) is 3.57. The van der Waals surface area contributed by atoms with Gasteiger partial charge in [-0.2, -0.15) is 0 Å². The van der Waals surface area contributed by atoms with Crippen molar-refractivity contribution in [3.63, 3.8) is 0 Å². The first kappa shape index (κ1) is 18.1. The number of hydrogen-bond acceptors (Lipinski definition) is 6. The molecule has 2 aromatic carbocycles. The quantitative estimate of drug-likeness (QED) is 0.510. The molecule has 4 rings (SSSR count). The van der Waals surface area contributed by atoms with Gasteiger partial charge in [0.2, 0.25) is 12.7 Å². The van der Waals surface area contributed by atoms with Crippen LogP contribution in [0.4, 0.5) is 5.00 Å². The van der Waals surface area contributed by atoms with Crippen molar-refractivity contribution in [3.8, 4) is 11.5 Å². The van der Waals surface area contributed by atoms with Gasteiger partial charge in [0, 0.05) is 16.2 Å². The molecule has 3 aromatic rings. The number of benzene rings is 2. The highest BCUT2D eigenvalue weighted by Crippen LogP contribution is 2.36. The Balaban J connectivity index is 1.56. The Labute approximate surface area is 165 Å². The lowest BCUT2D eigenvalue weighted by atomic mass is 10.1. The number of anilines is 1. The van der Waals surface area contributed by atoms with Gasteiger partial charge in [-0.3, -0.25) is 4.79 Å². The predicted octanol–water partition coefficient (Wildman–Crippen LogP) is 4.46. The van der Waals surface area contributed by atoms with Crippen LogP contribution in [0.1, 0.15) is 22.8 Å². The molecule has 1 aliphatic rings. The SMILES string of the molecule is CCOC(=O)c1c(NC(=O)/C=C/c2ccc3c(c2)OCO3)sc2ccccc12. The number of thiophene rings is 1. The molecule has 1 aromatic heterocycles. The molecular weight excluding hydrogens is 378 g/mol. The summed E-state index contributed by atoms with van der Waals surface area (Å²) in [6, 6.07) is 12.9. The van der Waals surface area contributed by atoms with Gasteiger partial charge >= 0.3 is 5.97 Å². The minimum absolute atomic E-state index is 0.200. The van der Waals surface area contributed by atoms with E-state index >= 15 is 0 Å². The number of hydrogen-bond donors (Lipinski definition) is 1. The standard InChI is InChI=1S/C21H17NO5S/c1-2-25-21(24)19-14-5-3-4-6-17(14)28-20(19)22-18(23)10-8-13-7-9-15-16(11-13)27-12-26-15/h3-11H,2,12H2,1H3,(H,22,23)/b10-8+. The zero-order chi connectivity index (χ0) is 19.5. The van der Waals surface area contributed by atoms with E-state index in [9.17, 15) is 9.59 Å². The average molecular weight is 395 g/mol. The van der Waals surface area contributed by atoms with E-state index in [1.807, 2.05) is 30.3 Å². The highest BCUT2D eigenvalue weighted by molar-refractivity contribution is 7.23. The normalized spacial score (nSPS) is 12.5. The first-order chi connectivity index (χ1) is 13.7. The van der Waals surface area contributed by atoms with Crippen molar-refractivity contribution in [1.82, 2.24) is 0 Å². The molecule has 6 nitrogen and oxygen atoms in total. The van der Waals surface area contributed by atoms with E-state index in [0.717, 1.165) is 15.6 Å². The maximum absolute atomic E-state index is 12.4. The maximum atomic E-state index is 12.4. The number of ether oxygens (including phenoxy) is 3. The summed E-state index contributed by atoms with van der Waals surface area (Å²) in [5.41, 5.74) is 1.19.